The molecule has 2 aromatic rings. The van der Waals surface area contributed by atoms with Crippen LogP contribution in [0.15, 0.2) is 36.5 Å². The Morgan fingerprint density at radius 3 is 2.77 bits per heavy atom. The van der Waals surface area contributed by atoms with Crippen LogP contribution in [0.3, 0.4) is 0 Å². The van der Waals surface area contributed by atoms with E-state index in [1.54, 1.807) is 29.2 Å². The fourth-order valence-corrected chi connectivity index (χ4v) is 3.47. The van der Waals surface area contributed by atoms with Gasteiger partial charge in [-0.25, -0.2) is 0 Å². The number of hydrogen-bond donors (Lipinski definition) is 1. The molecule has 2 amide bonds. The molecule has 136 valence electrons. The highest BCUT2D eigenvalue weighted by Gasteiger charge is 2.23. The van der Waals surface area contributed by atoms with Crippen LogP contribution in [0.5, 0.6) is 0 Å². The van der Waals surface area contributed by atoms with E-state index < -0.39 is 0 Å². The Morgan fingerprint density at radius 1 is 1.23 bits per heavy atom. The van der Waals surface area contributed by atoms with Gasteiger partial charge < -0.3 is 10.2 Å². The number of piperidine rings is 1. The normalized spacial score (nSPS) is 17.0. The molecule has 7 heteroatoms. The average molecular weight is 392 g/mol. The number of carbonyl (C=O) groups is 2. The van der Waals surface area contributed by atoms with Gasteiger partial charge >= 0.3 is 0 Å². The second kappa shape index (κ2) is 8.06. The van der Waals surface area contributed by atoms with Gasteiger partial charge in [-0.15, -0.1) is 0 Å². The Morgan fingerprint density at radius 2 is 2.04 bits per heavy atom. The number of nitrogens with zero attached hydrogens (tertiary/aromatic N) is 2. The molecule has 1 N–H and O–H groups in total. The van der Waals surface area contributed by atoms with E-state index in [1.165, 1.54) is 12.3 Å². The molecule has 3 rings (SSSR count). The lowest BCUT2D eigenvalue weighted by Crippen LogP contribution is -2.39. The summed E-state index contributed by atoms with van der Waals surface area (Å²) in [6.45, 7) is 3.57. The monoisotopic (exact) mass is 391 g/mol. The maximum atomic E-state index is 12.7. The maximum absolute atomic E-state index is 12.7. The molecule has 1 unspecified atom stereocenters. The van der Waals surface area contributed by atoms with Crippen LogP contribution in [0.1, 0.15) is 40.6 Å². The van der Waals surface area contributed by atoms with Crippen LogP contribution in [-0.2, 0) is 0 Å². The zero-order chi connectivity index (χ0) is 18.7. The Kier molecular flexibility index (Phi) is 5.79. The van der Waals surface area contributed by atoms with E-state index in [0.717, 1.165) is 25.9 Å². The van der Waals surface area contributed by atoms with Crippen molar-refractivity contribution in [1.29, 1.82) is 0 Å². The highest BCUT2D eigenvalue weighted by Crippen LogP contribution is 2.26. The molecule has 1 aromatic carbocycles. The van der Waals surface area contributed by atoms with Crippen molar-refractivity contribution in [2.24, 2.45) is 5.92 Å². The molecule has 1 aliphatic rings. The van der Waals surface area contributed by atoms with Crippen LogP contribution in [-0.4, -0.2) is 34.8 Å². The first kappa shape index (κ1) is 18.7. The van der Waals surface area contributed by atoms with E-state index >= 15 is 0 Å². The lowest BCUT2D eigenvalue weighted by Gasteiger charge is -2.30. The molecule has 0 radical (unpaired) electrons. The summed E-state index contributed by atoms with van der Waals surface area (Å²) in [6, 6.07) is 7.90. The topological polar surface area (TPSA) is 62.3 Å². The molecule has 1 fully saturated rings. The zero-order valence-electron chi connectivity index (χ0n) is 14.3. The predicted octanol–water partition coefficient (Wildman–Crippen LogP) is 4.51. The van der Waals surface area contributed by atoms with E-state index in [4.69, 9.17) is 23.2 Å². The Balaban J connectivity index is 1.75. The van der Waals surface area contributed by atoms with Crippen molar-refractivity contribution in [3.63, 3.8) is 0 Å². The van der Waals surface area contributed by atoms with Crippen molar-refractivity contribution in [3.05, 3.63) is 57.8 Å². The molecule has 1 saturated heterocycles. The second-order valence-electron chi connectivity index (χ2n) is 6.51. The number of rotatable bonds is 3. The van der Waals surface area contributed by atoms with Crippen molar-refractivity contribution >= 4 is 40.7 Å². The molecule has 1 atom stereocenters. The number of benzene rings is 1. The number of carbonyl (C=O) groups excluding carboxylic acids is 2. The van der Waals surface area contributed by atoms with E-state index in [0.29, 0.717) is 27.2 Å². The minimum atomic E-state index is -0.363. The predicted molar refractivity (Wildman–Crippen MR) is 103 cm³/mol. The lowest BCUT2D eigenvalue weighted by atomic mass is 10.00. The number of anilines is 1. The van der Waals surface area contributed by atoms with Crippen molar-refractivity contribution in [2.75, 3.05) is 18.4 Å². The summed E-state index contributed by atoms with van der Waals surface area (Å²) < 4.78 is 0. The lowest BCUT2D eigenvalue weighted by molar-refractivity contribution is 0.0677. The summed E-state index contributed by atoms with van der Waals surface area (Å²) in [7, 11) is 0. The molecular weight excluding hydrogens is 373 g/mol. The first-order valence-corrected chi connectivity index (χ1v) is 9.21. The summed E-state index contributed by atoms with van der Waals surface area (Å²) in [4.78, 5) is 31.1. The number of halogens is 2. The van der Waals surface area contributed by atoms with Crippen molar-refractivity contribution in [3.8, 4) is 0 Å². The quantitative estimate of drug-likeness (QED) is 0.836. The summed E-state index contributed by atoms with van der Waals surface area (Å²) >= 11 is 11.9. The van der Waals surface area contributed by atoms with Crippen LogP contribution in [0, 0.1) is 5.92 Å². The van der Waals surface area contributed by atoms with Gasteiger partial charge in [0.2, 0.25) is 0 Å². The minimum absolute atomic E-state index is 0.143. The number of likely N-dealkylation sites (tertiary alicyclic amines) is 1. The first-order chi connectivity index (χ1) is 12.4. The average Bonchev–Trinajstić information content (AvgIpc) is 2.63. The van der Waals surface area contributed by atoms with Crippen LogP contribution in [0.2, 0.25) is 10.0 Å². The summed E-state index contributed by atoms with van der Waals surface area (Å²) in [5.74, 6) is -0.0281. The van der Waals surface area contributed by atoms with Gasteiger partial charge in [-0.05, 0) is 49.1 Å². The first-order valence-electron chi connectivity index (χ1n) is 8.46. The molecule has 1 aliphatic heterocycles. The van der Waals surface area contributed by atoms with Gasteiger partial charge in [-0.2, -0.15) is 0 Å². The molecule has 0 bridgehead atoms. The second-order valence-corrected chi connectivity index (χ2v) is 7.35. The SMILES string of the molecule is CC1CCCN(C(=O)c2cc(C(=O)Nc3ccc(Cl)cc3Cl)ccn2)C1. The summed E-state index contributed by atoms with van der Waals surface area (Å²) in [5.41, 5.74) is 1.07. The highest BCUT2D eigenvalue weighted by molar-refractivity contribution is 6.36. The van der Waals surface area contributed by atoms with Crippen molar-refractivity contribution < 1.29 is 9.59 Å². The molecule has 0 saturated carbocycles. The number of pyridine rings is 1. The Bertz CT molecular complexity index is 841. The molecular formula is C19H19Cl2N3O2. The third-order valence-electron chi connectivity index (χ3n) is 4.36. The van der Waals surface area contributed by atoms with Gasteiger partial charge in [-0.1, -0.05) is 30.1 Å². The van der Waals surface area contributed by atoms with E-state index in [1.807, 2.05) is 0 Å². The van der Waals surface area contributed by atoms with Crippen molar-refractivity contribution in [1.82, 2.24) is 9.88 Å². The molecule has 2 heterocycles. The van der Waals surface area contributed by atoms with E-state index in [2.05, 4.69) is 17.2 Å². The van der Waals surface area contributed by atoms with Crippen LogP contribution < -0.4 is 5.32 Å². The Labute approximate surface area is 162 Å². The maximum Gasteiger partial charge on any atom is 0.272 e. The third kappa shape index (κ3) is 4.34. The van der Waals surface area contributed by atoms with Gasteiger partial charge in [0, 0.05) is 29.9 Å². The standard InChI is InChI=1S/C19H19Cl2N3O2/c1-12-3-2-8-24(11-12)19(26)17-9-13(6-7-22-17)18(25)23-16-5-4-14(20)10-15(16)21/h4-7,9-10,12H,2-3,8,11H2,1H3,(H,23,25). The van der Waals surface area contributed by atoms with Crippen LogP contribution >= 0.6 is 23.2 Å². The van der Waals surface area contributed by atoms with Gasteiger partial charge in [-0.3, -0.25) is 14.6 Å². The number of amides is 2. The number of aromatic nitrogens is 1. The fourth-order valence-electron chi connectivity index (χ4n) is 3.01. The van der Waals surface area contributed by atoms with Crippen LogP contribution in [0.4, 0.5) is 5.69 Å². The van der Waals surface area contributed by atoms with Gasteiger partial charge in [0.05, 0.1) is 10.7 Å². The van der Waals surface area contributed by atoms with Crippen LogP contribution in [0.25, 0.3) is 0 Å². The zero-order valence-corrected chi connectivity index (χ0v) is 15.8. The molecule has 26 heavy (non-hydrogen) atoms. The smallest absolute Gasteiger partial charge is 0.272 e. The van der Waals surface area contributed by atoms with Gasteiger partial charge in [0.1, 0.15) is 5.69 Å². The molecule has 5 nitrogen and oxygen atoms in total. The third-order valence-corrected chi connectivity index (χ3v) is 4.91. The number of nitrogens with one attached hydrogen (secondary N) is 1. The molecule has 0 spiro atoms. The van der Waals surface area contributed by atoms with Gasteiger partial charge in [0.15, 0.2) is 0 Å². The fraction of sp³-hybridized carbons (Fsp3) is 0.316. The highest BCUT2D eigenvalue weighted by atomic mass is 35.5. The minimum Gasteiger partial charge on any atom is -0.337 e. The largest absolute Gasteiger partial charge is 0.337 e. The summed E-state index contributed by atoms with van der Waals surface area (Å²) in [6.07, 6.45) is 3.59. The Hall–Kier alpha value is -2.11. The number of hydrogen-bond acceptors (Lipinski definition) is 3. The van der Waals surface area contributed by atoms with Gasteiger partial charge in [0.25, 0.3) is 11.8 Å². The summed E-state index contributed by atoms with van der Waals surface area (Å²) in [5, 5.41) is 3.56. The molecule has 1 aromatic heterocycles. The van der Waals surface area contributed by atoms with E-state index in [-0.39, 0.29) is 17.5 Å². The van der Waals surface area contributed by atoms with E-state index in [9.17, 15) is 9.59 Å². The molecule has 0 aliphatic carbocycles. The van der Waals surface area contributed by atoms with Crippen molar-refractivity contribution in [2.45, 2.75) is 19.8 Å².